The number of hydrogen-bond donors (Lipinski definition) is 1. The van der Waals surface area contributed by atoms with Crippen molar-refractivity contribution >= 4 is 17.5 Å². The molecule has 1 saturated heterocycles. The number of aromatic amines is 1. The van der Waals surface area contributed by atoms with E-state index in [0.29, 0.717) is 18.4 Å². The molecule has 0 radical (unpaired) electrons. The molecule has 5 nitrogen and oxygen atoms in total. The monoisotopic (exact) mass is 397 g/mol. The van der Waals surface area contributed by atoms with Gasteiger partial charge in [0.15, 0.2) is 0 Å². The highest BCUT2D eigenvalue weighted by Crippen LogP contribution is 2.26. The highest BCUT2D eigenvalue weighted by molar-refractivity contribution is 6.31. The van der Waals surface area contributed by atoms with Crippen LogP contribution in [0.25, 0.3) is 0 Å². The van der Waals surface area contributed by atoms with Crippen LogP contribution in [0.2, 0.25) is 5.02 Å². The number of likely N-dealkylation sites (tertiary alicyclic amines) is 1. The molecule has 146 valence electrons. The predicted octanol–water partition coefficient (Wildman–Crippen LogP) is 3.68. The molecule has 1 unspecified atom stereocenters. The zero-order valence-electron chi connectivity index (χ0n) is 16.2. The third-order valence-electron chi connectivity index (χ3n) is 5.62. The van der Waals surface area contributed by atoms with Crippen LogP contribution in [-0.4, -0.2) is 28.4 Å². The second-order valence-electron chi connectivity index (χ2n) is 7.35. The number of hydrogen-bond acceptors (Lipinski definition) is 3. The molecule has 0 spiro atoms. The molecule has 1 aromatic heterocycles. The third kappa shape index (κ3) is 4.13. The molecule has 1 atom stereocenters. The highest BCUT2D eigenvalue weighted by atomic mass is 35.5. The van der Waals surface area contributed by atoms with Crippen LogP contribution in [-0.2, 0) is 17.6 Å². The predicted molar refractivity (Wildman–Crippen MR) is 109 cm³/mol. The first-order valence-corrected chi connectivity index (χ1v) is 9.95. The summed E-state index contributed by atoms with van der Waals surface area (Å²) in [7, 11) is 0. The first-order chi connectivity index (χ1) is 13.4. The SMILES string of the molecule is Cc1[nH]c(=O)c(C#N)c(C)c1CCC(=O)N1CCCC1Cc1ccccc1Cl. The summed E-state index contributed by atoms with van der Waals surface area (Å²) in [5.41, 5.74) is 3.11. The van der Waals surface area contributed by atoms with E-state index in [1.807, 2.05) is 42.2 Å². The van der Waals surface area contributed by atoms with Crippen LogP contribution in [0.15, 0.2) is 29.1 Å². The van der Waals surface area contributed by atoms with Gasteiger partial charge >= 0.3 is 0 Å². The van der Waals surface area contributed by atoms with Crippen molar-refractivity contribution in [2.45, 2.75) is 52.0 Å². The van der Waals surface area contributed by atoms with Gasteiger partial charge in [-0.1, -0.05) is 29.8 Å². The first kappa shape index (κ1) is 20.2. The van der Waals surface area contributed by atoms with E-state index in [9.17, 15) is 14.9 Å². The maximum Gasteiger partial charge on any atom is 0.266 e. The fraction of sp³-hybridized carbons (Fsp3) is 0.409. The Morgan fingerprint density at radius 3 is 2.82 bits per heavy atom. The topological polar surface area (TPSA) is 77.0 Å². The number of benzene rings is 1. The van der Waals surface area contributed by atoms with Crippen LogP contribution >= 0.6 is 11.6 Å². The molecule has 1 amide bonds. The summed E-state index contributed by atoms with van der Waals surface area (Å²) in [4.78, 5) is 29.5. The zero-order valence-corrected chi connectivity index (χ0v) is 17.0. The van der Waals surface area contributed by atoms with Gasteiger partial charge in [0, 0.05) is 29.7 Å². The maximum absolute atomic E-state index is 12.9. The Bertz CT molecular complexity index is 990. The summed E-state index contributed by atoms with van der Waals surface area (Å²) in [6.45, 7) is 4.35. The van der Waals surface area contributed by atoms with Gasteiger partial charge in [0.1, 0.15) is 11.6 Å². The summed E-state index contributed by atoms with van der Waals surface area (Å²) < 4.78 is 0. The van der Waals surface area contributed by atoms with Crippen molar-refractivity contribution in [3.05, 3.63) is 67.6 Å². The lowest BCUT2D eigenvalue weighted by molar-refractivity contribution is -0.131. The van der Waals surface area contributed by atoms with E-state index >= 15 is 0 Å². The number of H-pyrrole nitrogens is 1. The van der Waals surface area contributed by atoms with Crippen molar-refractivity contribution in [1.82, 2.24) is 9.88 Å². The number of aromatic nitrogens is 1. The number of carbonyl (C=O) groups excluding carboxylic acids is 1. The minimum absolute atomic E-state index is 0.109. The van der Waals surface area contributed by atoms with E-state index < -0.39 is 0 Å². The molecule has 6 heteroatoms. The summed E-state index contributed by atoms with van der Waals surface area (Å²) in [6.07, 6.45) is 3.61. The molecule has 1 aliphatic heterocycles. The summed E-state index contributed by atoms with van der Waals surface area (Å²) in [6, 6.07) is 9.90. The molecule has 1 aliphatic rings. The van der Waals surface area contributed by atoms with Crippen molar-refractivity contribution in [2.24, 2.45) is 0 Å². The van der Waals surface area contributed by atoms with E-state index in [4.69, 9.17) is 11.6 Å². The Kier molecular flexibility index (Phi) is 6.21. The fourth-order valence-corrected chi connectivity index (χ4v) is 4.30. The number of nitriles is 1. The molecule has 1 aromatic carbocycles. The maximum atomic E-state index is 12.9. The van der Waals surface area contributed by atoms with E-state index in [1.54, 1.807) is 6.92 Å². The molecule has 0 saturated carbocycles. The quantitative estimate of drug-likeness (QED) is 0.835. The number of rotatable bonds is 5. The zero-order chi connectivity index (χ0) is 20.3. The van der Waals surface area contributed by atoms with Crippen molar-refractivity contribution in [2.75, 3.05) is 6.54 Å². The van der Waals surface area contributed by atoms with Crippen molar-refractivity contribution < 1.29 is 4.79 Å². The Morgan fingerprint density at radius 1 is 1.36 bits per heavy atom. The van der Waals surface area contributed by atoms with Gasteiger partial charge in [-0.05, 0) is 62.3 Å². The molecular formula is C22H24ClN3O2. The van der Waals surface area contributed by atoms with E-state index in [0.717, 1.165) is 47.7 Å². The number of nitrogens with zero attached hydrogens (tertiary/aromatic N) is 2. The molecular weight excluding hydrogens is 374 g/mol. The number of halogens is 1. The number of pyridine rings is 1. The van der Waals surface area contributed by atoms with Gasteiger partial charge in [-0.15, -0.1) is 0 Å². The lowest BCUT2D eigenvalue weighted by Crippen LogP contribution is -2.37. The van der Waals surface area contributed by atoms with Gasteiger partial charge < -0.3 is 9.88 Å². The fourth-order valence-electron chi connectivity index (χ4n) is 4.09. The van der Waals surface area contributed by atoms with Gasteiger partial charge in [0.25, 0.3) is 5.56 Å². The lowest BCUT2D eigenvalue weighted by Gasteiger charge is -2.25. The van der Waals surface area contributed by atoms with Crippen LogP contribution in [0.5, 0.6) is 0 Å². The number of nitrogens with one attached hydrogen (secondary N) is 1. The summed E-state index contributed by atoms with van der Waals surface area (Å²) in [5.74, 6) is 0.109. The van der Waals surface area contributed by atoms with Crippen LogP contribution in [0.4, 0.5) is 0 Å². The van der Waals surface area contributed by atoms with Crippen molar-refractivity contribution in [3.8, 4) is 6.07 Å². The Hall–Kier alpha value is -2.58. The van der Waals surface area contributed by atoms with Gasteiger partial charge in [0.2, 0.25) is 5.91 Å². The standard InChI is InChI=1S/C22H24ClN3O2/c1-14-18(15(2)25-22(28)19(14)13-24)9-10-21(27)26-11-5-7-17(26)12-16-6-3-4-8-20(16)23/h3-4,6,8,17H,5,7,9-12H2,1-2H3,(H,25,28). The molecule has 1 fully saturated rings. The normalized spacial score (nSPS) is 16.2. The summed E-state index contributed by atoms with van der Waals surface area (Å²) in [5, 5.41) is 9.95. The van der Waals surface area contributed by atoms with Crippen LogP contribution in [0.3, 0.4) is 0 Å². The Morgan fingerprint density at radius 2 is 2.11 bits per heavy atom. The molecule has 0 bridgehead atoms. The molecule has 0 aliphatic carbocycles. The third-order valence-corrected chi connectivity index (χ3v) is 5.99. The van der Waals surface area contributed by atoms with Gasteiger partial charge in [-0.25, -0.2) is 0 Å². The van der Waals surface area contributed by atoms with E-state index in [1.165, 1.54) is 0 Å². The molecule has 1 N–H and O–H groups in total. The van der Waals surface area contributed by atoms with Crippen LogP contribution < -0.4 is 5.56 Å². The average Bonchev–Trinajstić information content (AvgIpc) is 3.11. The first-order valence-electron chi connectivity index (χ1n) is 9.57. The minimum atomic E-state index is -0.369. The lowest BCUT2D eigenvalue weighted by atomic mass is 9.98. The largest absolute Gasteiger partial charge is 0.339 e. The van der Waals surface area contributed by atoms with Crippen LogP contribution in [0, 0.1) is 25.2 Å². The van der Waals surface area contributed by atoms with Gasteiger partial charge in [-0.2, -0.15) is 5.26 Å². The minimum Gasteiger partial charge on any atom is -0.339 e. The number of amides is 1. The molecule has 28 heavy (non-hydrogen) atoms. The number of aryl methyl sites for hydroxylation is 1. The van der Waals surface area contributed by atoms with Crippen LogP contribution in [0.1, 0.15) is 47.2 Å². The van der Waals surface area contributed by atoms with E-state index in [2.05, 4.69) is 4.98 Å². The Labute approximate surface area is 169 Å². The second-order valence-corrected chi connectivity index (χ2v) is 7.76. The molecule has 2 heterocycles. The number of carbonyl (C=O) groups is 1. The van der Waals surface area contributed by atoms with Gasteiger partial charge in [0.05, 0.1) is 0 Å². The van der Waals surface area contributed by atoms with Gasteiger partial charge in [-0.3, -0.25) is 9.59 Å². The van der Waals surface area contributed by atoms with E-state index in [-0.39, 0.29) is 23.1 Å². The summed E-state index contributed by atoms with van der Waals surface area (Å²) >= 11 is 6.29. The molecule has 2 aromatic rings. The smallest absolute Gasteiger partial charge is 0.266 e. The Balaban J connectivity index is 1.71. The highest BCUT2D eigenvalue weighted by Gasteiger charge is 2.29. The van der Waals surface area contributed by atoms with Crippen molar-refractivity contribution in [1.29, 1.82) is 5.26 Å². The average molecular weight is 398 g/mol. The second kappa shape index (κ2) is 8.62. The molecule has 3 rings (SSSR count). The van der Waals surface area contributed by atoms with Crippen molar-refractivity contribution in [3.63, 3.8) is 0 Å².